The number of carbonyl (C=O) groups excluding carboxylic acids is 2. The number of hydrogen-bond donors (Lipinski definition) is 1. The highest BCUT2D eigenvalue weighted by atomic mass is 19.4. The number of aromatic nitrogens is 2. The maximum Gasteiger partial charge on any atom is 0.418 e. The van der Waals surface area contributed by atoms with Crippen LogP contribution in [-0.2, 0) is 11.0 Å². The van der Waals surface area contributed by atoms with Gasteiger partial charge in [0.1, 0.15) is 0 Å². The summed E-state index contributed by atoms with van der Waals surface area (Å²) in [5.41, 5.74) is 0.111. The van der Waals surface area contributed by atoms with Gasteiger partial charge in [-0.1, -0.05) is 12.1 Å². The van der Waals surface area contributed by atoms with Gasteiger partial charge in [-0.05, 0) is 30.3 Å². The minimum absolute atomic E-state index is 0.291. The van der Waals surface area contributed by atoms with Gasteiger partial charge in [0.2, 0.25) is 5.91 Å². The molecular weight excluding hydrogens is 373 g/mol. The molecule has 1 N–H and O–H groups in total. The molecule has 0 radical (unpaired) electrons. The summed E-state index contributed by atoms with van der Waals surface area (Å²) in [5, 5.41) is 2.21. The molecule has 2 amide bonds. The van der Waals surface area contributed by atoms with Gasteiger partial charge in [0, 0.05) is 25.0 Å². The number of amides is 2. The number of anilines is 1. The molecule has 0 fully saturated rings. The van der Waals surface area contributed by atoms with Crippen molar-refractivity contribution < 1.29 is 22.8 Å². The Bertz CT molecular complexity index is 1040. The van der Waals surface area contributed by atoms with E-state index >= 15 is 0 Å². The van der Waals surface area contributed by atoms with E-state index in [1.165, 1.54) is 37.6 Å². The average Bonchev–Trinajstić information content (AvgIpc) is 2.66. The van der Waals surface area contributed by atoms with Crippen molar-refractivity contribution in [2.45, 2.75) is 6.18 Å². The van der Waals surface area contributed by atoms with E-state index in [-0.39, 0.29) is 5.69 Å². The molecule has 0 aliphatic rings. The summed E-state index contributed by atoms with van der Waals surface area (Å²) in [5.74, 6) is -1.21. The summed E-state index contributed by atoms with van der Waals surface area (Å²) in [6.07, 6.45) is -1.58. The van der Waals surface area contributed by atoms with Gasteiger partial charge < -0.3 is 10.2 Å². The molecule has 0 aliphatic heterocycles. The predicted octanol–water partition coefficient (Wildman–Crippen LogP) is 3.36. The number of benzene rings is 2. The lowest BCUT2D eigenvalue weighted by molar-refractivity contribution is -0.137. The molecule has 0 bridgehead atoms. The van der Waals surface area contributed by atoms with Crippen molar-refractivity contribution in [2.24, 2.45) is 0 Å². The maximum atomic E-state index is 13.0. The van der Waals surface area contributed by atoms with E-state index in [4.69, 9.17) is 0 Å². The Balaban J connectivity index is 1.71. The van der Waals surface area contributed by atoms with Crippen molar-refractivity contribution in [3.8, 4) is 0 Å². The zero-order valence-electron chi connectivity index (χ0n) is 14.7. The van der Waals surface area contributed by atoms with Crippen LogP contribution in [0.1, 0.15) is 15.9 Å². The molecule has 3 rings (SSSR count). The van der Waals surface area contributed by atoms with Gasteiger partial charge in [-0.2, -0.15) is 13.2 Å². The number of likely N-dealkylation sites (N-methyl/N-ethyl adjacent to an activating group) is 1. The van der Waals surface area contributed by atoms with Crippen LogP contribution in [0.3, 0.4) is 0 Å². The van der Waals surface area contributed by atoms with E-state index in [2.05, 4.69) is 15.3 Å². The molecule has 3 aromatic rings. The van der Waals surface area contributed by atoms with Gasteiger partial charge in [0.15, 0.2) is 0 Å². The molecule has 2 aromatic carbocycles. The van der Waals surface area contributed by atoms with E-state index in [0.29, 0.717) is 16.6 Å². The summed E-state index contributed by atoms with van der Waals surface area (Å²) >= 11 is 0. The first-order valence-corrected chi connectivity index (χ1v) is 8.18. The summed E-state index contributed by atoms with van der Waals surface area (Å²) in [6, 6.07) is 9.37. The number of fused-ring (bicyclic) bond motifs is 1. The third kappa shape index (κ3) is 4.25. The quantitative estimate of drug-likeness (QED) is 0.744. The Kier molecular flexibility index (Phi) is 5.25. The summed E-state index contributed by atoms with van der Waals surface area (Å²) < 4.78 is 39.0. The van der Waals surface area contributed by atoms with Gasteiger partial charge >= 0.3 is 6.18 Å². The first-order chi connectivity index (χ1) is 13.3. The van der Waals surface area contributed by atoms with Gasteiger partial charge in [0.25, 0.3) is 5.91 Å². The van der Waals surface area contributed by atoms with Crippen molar-refractivity contribution in [3.05, 3.63) is 66.0 Å². The zero-order valence-corrected chi connectivity index (χ0v) is 14.7. The topological polar surface area (TPSA) is 75.2 Å². The molecule has 0 saturated carbocycles. The van der Waals surface area contributed by atoms with Crippen LogP contribution in [-0.4, -0.2) is 40.3 Å². The molecular formula is C19H15F3N4O2. The molecule has 0 saturated heterocycles. The molecule has 0 spiro atoms. The molecule has 28 heavy (non-hydrogen) atoms. The van der Waals surface area contributed by atoms with Crippen molar-refractivity contribution >= 4 is 28.5 Å². The first-order valence-electron chi connectivity index (χ1n) is 8.18. The fourth-order valence-electron chi connectivity index (χ4n) is 2.63. The lowest BCUT2D eigenvalue weighted by Crippen LogP contribution is -2.35. The molecule has 0 unspecified atom stereocenters. The average molecular weight is 388 g/mol. The second-order valence-corrected chi connectivity index (χ2v) is 6.01. The molecule has 9 heteroatoms. The number of rotatable bonds is 4. The fourth-order valence-corrected chi connectivity index (χ4v) is 2.63. The van der Waals surface area contributed by atoms with Crippen LogP contribution in [0.15, 0.2) is 54.9 Å². The maximum absolute atomic E-state index is 13.0. The minimum atomic E-state index is -4.60. The van der Waals surface area contributed by atoms with Gasteiger partial charge in [-0.25, -0.2) is 0 Å². The smallest absolute Gasteiger partial charge is 0.332 e. The second kappa shape index (κ2) is 7.63. The molecule has 0 aliphatic carbocycles. The van der Waals surface area contributed by atoms with Crippen LogP contribution in [0.25, 0.3) is 11.0 Å². The first kappa shape index (κ1) is 19.3. The van der Waals surface area contributed by atoms with Crippen molar-refractivity contribution in [2.75, 3.05) is 18.9 Å². The van der Waals surface area contributed by atoms with Gasteiger partial charge in [-0.15, -0.1) is 0 Å². The van der Waals surface area contributed by atoms with Crippen molar-refractivity contribution in [1.82, 2.24) is 14.9 Å². The van der Waals surface area contributed by atoms with Crippen LogP contribution in [0, 0.1) is 0 Å². The Morgan fingerprint density at radius 2 is 1.71 bits per heavy atom. The highest BCUT2D eigenvalue weighted by Gasteiger charge is 2.33. The lowest BCUT2D eigenvalue weighted by Gasteiger charge is -2.18. The normalized spacial score (nSPS) is 11.3. The molecule has 144 valence electrons. The number of hydrogen-bond acceptors (Lipinski definition) is 4. The molecule has 0 atom stereocenters. The van der Waals surface area contributed by atoms with Crippen molar-refractivity contribution in [3.63, 3.8) is 0 Å². The minimum Gasteiger partial charge on any atom is -0.332 e. The standard InChI is InChI=1S/C19H15F3N4O2/c1-26(18(28)12-6-7-15-16(10-12)24-9-8-23-15)11-17(27)25-14-5-3-2-4-13(14)19(20,21)22/h2-10H,11H2,1H3,(H,25,27). The van der Waals surface area contributed by atoms with E-state index in [1.54, 1.807) is 12.1 Å². The van der Waals surface area contributed by atoms with E-state index in [1.807, 2.05) is 0 Å². The van der Waals surface area contributed by atoms with E-state index < -0.39 is 30.1 Å². The number of halogens is 3. The number of carbonyl (C=O) groups is 2. The Morgan fingerprint density at radius 1 is 1.04 bits per heavy atom. The zero-order chi connectivity index (χ0) is 20.3. The third-order valence-corrected chi connectivity index (χ3v) is 3.95. The highest BCUT2D eigenvalue weighted by molar-refractivity contribution is 6.01. The van der Waals surface area contributed by atoms with Crippen LogP contribution in [0.5, 0.6) is 0 Å². The monoisotopic (exact) mass is 388 g/mol. The van der Waals surface area contributed by atoms with E-state index in [9.17, 15) is 22.8 Å². The van der Waals surface area contributed by atoms with Gasteiger partial charge in [-0.3, -0.25) is 19.6 Å². The summed E-state index contributed by atoms with van der Waals surface area (Å²) in [6.45, 7) is -0.413. The predicted molar refractivity (Wildman–Crippen MR) is 96.6 cm³/mol. The third-order valence-electron chi connectivity index (χ3n) is 3.95. The van der Waals surface area contributed by atoms with Gasteiger partial charge in [0.05, 0.1) is 28.8 Å². The molecule has 6 nitrogen and oxygen atoms in total. The fraction of sp³-hybridized carbons (Fsp3) is 0.158. The van der Waals surface area contributed by atoms with Crippen LogP contribution < -0.4 is 5.32 Å². The van der Waals surface area contributed by atoms with Crippen LogP contribution in [0.2, 0.25) is 0 Å². The summed E-state index contributed by atoms with van der Waals surface area (Å²) in [7, 11) is 1.39. The van der Waals surface area contributed by atoms with Crippen LogP contribution in [0.4, 0.5) is 18.9 Å². The number of nitrogens with one attached hydrogen (secondary N) is 1. The number of nitrogens with zero attached hydrogens (tertiary/aromatic N) is 3. The molecule has 1 aromatic heterocycles. The van der Waals surface area contributed by atoms with Crippen LogP contribution >= 0.6 is 0 Å². The Hall–Kier alpha value is -3.49. The lowest BCUT2D eigenvalue weighted by atomic mass is 10.1. The number of para-hydroxylation sites is 1. The highest BCUT2D eigenvalue weighted by Crippen LogP contribution is 2.34. The molecule has 1 heterocycles. The Labute approximate surface area is 158 Å². The largest absolute Gasteiger partial charge is 0.418 e. The summed E-state index contributed by atoms with van der Waals surface area (Å²) in [4.78, 5) is 34.0. The number of alkyl halides is 3. The second-order valence-electron chi connectivity index (χ2n) is 6.01. The Morgan fingerprint density at radius 3 is 2.43 bits per heavy atom. The van der Waals surface area contributed by atoms with Crippen molar-refractivity contribution in [1.29, 1.82) is 0 Å². The SMILES string of the molecule is CN(CC(=O)Nc1ccccc1C(F)(F)F)C(=O)c1ccc2nccnc2c1. The van der Waals surface area contributed by atoms with E-state index in [0.717, 1.165) is 17.0 Å².